The molecule has 0 amide bonds. The number of sulfonamides is 1. The highest BCUT2D eigenvalue weighted by molar-refractivity contribution is 7.89. The molecule has 0 aliphatic carbocycles. The number of ketones is 1. The molecule has 9 heteroatoms. The van der Waals surface area contributed by atoms with Crippen LogP contribution in [0.1, 0.15) is 46.0 Å². The van der Waals surface area contributed by atoms with E-state index in [1.165, 1.54) is 31.2 Å². The molecule has 2 aromatic carbocycles. The minimum atomic E-state index is -3.72. The summed E-state index contributed by atoms with van der Waals surface area (Å²) in [7, 11) is -2.07. The van der Waals surface area contributed by atoms with Crippen LogP contribution in [0, 0.1) is 6.57 Å². The van der Waals surface area contributed by atoms with Gasteiger partial charge in [-0.15, -0.1) is 0 Å². The van der Waals surface area contributed by atoms with Crippen molar-refractivity contribution in [2.45, 2.75) is 31.6 Å². The molecule has 0 bridgehead atoms. The summed E-state index contributed by atoms with van der Waals surface area (Å²) in [5.41, 5.74) is 3.37. The molecule has 0 atom stereocenters. The number of Topliss-reactive ketones (excluding diaryl/α,β-unsaturated/α-hetero) is 1. The molecule has 2 N–H and O–H groups in total. The molecule has 3 rings (SSSR count). The molecule has 0 aliphatic rings. The summed E-state index contributed by atoms with van der Waals surface area (Å²) >= 11 is 0. The number of carboxylic acids is 1. The largest absolute Gasteiger partial charge is 0.477 e. The first-order valence-electron chi connectivity index (χ1n) is 10.6. The van der Waals surface area contributed by atoms with Crippen molar-refractivity contribution in [1.29, 1.82) is 0 Å². The Bertz CT molecular complexity index is 1380. The Balaban J connectivity index is 1.76. The van der Waals surface area contributed by atoms with Crippen molar-refractivity contribution >= 4 is 27.5 Å². The molecule has 0 aliphatic heterocycles. The van der Waals surface area contributed by atoms with E-state index in [0.29, 0.717) is 40.9 Å². The minimum absolute atomic E-state index is 0.0687. The lowest BCUT2D eigenvalue weighted by molar-refractivity contribution is 0.0687. The van der Waals surface area contributed by atoms with E-state index in [9.17, 15) is 23.1 Å². The van der Waals surface area contributed by atoms with Gasteiger partial charge in [0.05, 0.1) is 11.5 Å². The Morgan fingerprint density at radius 3 is 2.21 bits per heavy atom. The highest BCUT2D eigenvalue weighted by Gasteiger charge is 2.25. The van der Waals surface area contributed by atoms with Gasteiger partial charge < -0.3 is 9.67 Å². The number of carboxylic acid groups (broad SMARTS) is 1. The van der Waals surface area contributed by atoms with Crippen LogP contribution in [0.15, 0.2) is 53.4 Å². The van der Waals surface area contributed by atoms with Crippen LogP contribution in [0.5, 0.6) is 0 Å². The number of aromatic nitrogens is 1. The molecule has 0 radical (unpaired) electrons. The first-order valence-corrected chi connectivity index (χ1v) is 12.1. The number of nitrogens with one attached hydrogen (secondary N) is 1. The molecular formula is C25H25N3O5S. The second-order valence-electron chi connectivity index (χ2n) is 7.77. The zero-order valence-electron chi connectivity index (χ0n) is 19.1. The van der Waals surface area contributed by atoms with Crippen LogP contribution in [0.25, 0.3) is 16.0 Å². The zero-order valence-corrected chi connectivity index (χ0v) is 19.9. The van der Waals surface area contributed by atoms with Gasteiger partial charge in [-0.3, -0.25) is 4.79 Å². The SMILES string of the molecule is [C-]#[N+]c1c(-c2ccc(CCNS(=O)(=O)c3ccc(C(C)=O)cc3)cc2)c(C(=O)O)n(C)c1CC. The van der Waals surface area contributed by atoms with Gasteiger partial charge in [0, 0.05) is 30.4 Å². The molecule has 8 nitrogen and oxygen atoms in total. The summed E-state index contributed by atoms with van der Waals surface area (Å²) in [6.07, 6.45) is 0.950. The third kappa shape index (κ3) is 4.93. The van der Waals surface area contributed by atoms with Crippen LogP contribution in [-0.4, -0.2) is 36.4 Å². The van der Waals surface area contributed by atoms with Gasteiger partial charge in [-0.25, -0.2) is 22.8 Å². The van der Waals surface area contributed by atoms with E-state index in [2.05, 4.69) is 9.57 Å². The van der Waals surface area contributed by atoms with Crippen molar-refractivity contribution in [1.82, 2.24) is 9.29 Å². The third-order valence-electron chi connectivity index (χ3n) is 5.66. The predicted molar refractivity (Wildman–Crippen MR) is 129 cm³/mol. The van der Waals surface area contributed by atoms with Crippen LogP contribution in [0.4, 0.5) is 5.69 Å². The van der Waals surface area contributed by atoms with Crippen molar-refractivity contribution < 1.29 is 23.1 Å². The summed E-state index contributed by atoms with van der Waals surface area (Å²) < 4.78 is 29.1. The van der Waals surface area contributed by atoms with Gasteiger partial charge in [0.15, 0.2) is 5.78 Å². The third-order valence-corrected chi connectivity index (χ3v) is 7.13. The predicted octanol–water partition coefficient (Wildman–Crippen LogP) is 4.23. The maximum Gasteiger partial charge on any atom is 0.351 e. The Morgan fingerprint density at radius 2 is 1.71 bits per heavy atom. The molecule has 1 aromatic heterocycles. The van der Waals surface area contributed by atoms with Crippen LogP contribution in [0.2, 0.25) is 0 Å². The minimum Gasteiger partial charge on any atom is -0.477 e. The molecule has 1 heterocycles. The van der Waals surface area contributed by atoms with E-state index in [-0.39, 0.29) is 22.9 Å². The van der Waals surface area contributed by atoms with Gasteiger partial charge in [-0.2, -0.15) is 0 Å². The second kappa shape index (κ2) is 10.0. The summed E-state index contributed by atoms with van der Waals surface area (Å²) in [5, 5.41) is 9.71. The summed E-state index contributed by atoms with van der Waals surface area (Å²) in [4.78, 5) is 26.9. The maximum atomic E-state index is 12.5. The molecule has 176 valence electrons. The Morgan fingerprint density at radius 1 is 1.09 bits per heavy atom. The summed E-state index contributed by atoms with van der Waals surface area (Å²) in [5.74, 6) is -1.24. The number of aromatic carboxylic acids is 1. The highest BCUT2D eigenvalue weighted by atomic mass is 32.2. The standard InChI is InChI=1S/C25H25N3O5S/c1-5-21-23(26-3)22(24(25(30)31)28(21)4)19-8-6-17(7-9-19)14-15-27-34(32,33)20-12-10-18(11-13-20)16(2)29/h6-13,27H,5,14-15H2,1-2,4H3,(H,30,31). The maximum absolute atomic E-state index is 12.5. The summed E-state index contributed by atoms with van der Waals surface area (Å²) in [6, 6.07) is 12.8. The average molecular weight is 480 g/mol. The van der Waals surface area contributed by atoms with Gasteiger partial charge in [0.1, 0.15) is 5.69 Å². The normalized spacial score (nSPS) is 11.2. The van der Waals surface area contributed by atoms with Crippen LogP contribution < -0.4 is 4.72 Å². The van der Waals surface area contributed by atoms with Gasteiger partial charge in [0.2, 0.25) is 15.7 Å². The number of rotatable bonds is 9. The fraction of sp³-hybridized carbons (Fsp3) is 0.240. The fourth-order valence-electron chi connectivity index (χ4n) is 3.89. The van der Waals surface area contributed by atoms with Gasteiger partial charge >= 0.3 is 5.97 Å². The van der Waals surface area contributed by atoms with Crippen molar-refractivity contribution in [3.63, 3.8) is 0 Å². The van der Waals surface area contributed by atoms with E-state index in [1.54, 1.807) is 35.9 Å². The Kier molecular flexibility index (Phi) is 7.35. The Hall–Kier alpha value is -3.74. The fourth-order valence-corrected chi connectivity index (χ4v) is 4.92. The zero-order chi connectivity index (χ0) is 25.0. The van der Waals surface area contributed by atoms with E-state index >= 15 is 0 Å². The number of nitrogens with zero attached hydrogens (tertiary/aromatic N) is 2. The molecule has 0 saturated heterocycles. The van der Waals surface area contributed by atoms with Crippen molar-refractivity contribution in [2.75, 3.05) is 6.54 Å². The second-order valence-corrected chi connectivity index (χ2v) is 9.54. The van der Waals surface area contributed by atoms with Crippen molar-refractivity contribution in [3.05, 3.63) is 82.5 Å². The van der Waals surface area contributed by atoms with Gasteiger partial charge in [-0.1, -0.05) is 43.3 Å². The van der Waals surface area contributed by atoms with Gasteiger partial charge in [0.25, 0.3) is 0 Å². The molecule has 34 heavy (non-hydrogen) atoms. The lowest BCUT2D eigenvalue weighted by Gasteiger charge is -2.09. The van der Waals surface area contributed by atoms with E-state index < -0.39 is 16.0 Å². The smallest absolute Gasteiger partial charge is 0.351 e. The molecular weight excluding hydrogens is 454 g/mol. The van der Waals surface area contributed by atoms with E-state index in [0.717, 1.165) is 5.56 Å². The van der Waals surface area contributed by atoms with Crippen LogP contribution in [-0.2, 0) is 29.9 Å². The highest BCUT2D eigenvalue weighted by Crippen LogP contribution is 2.39. The van der Waals surface area contributed by atoms with Gasteiger partial charge in [-0.05, 0) is 43.0 Å². The number of carbonyl (C=O) groups is 2. The lowest BCUT2D eigenvalue weighted by Crippen LogP contribution is -2.26. The number of benzene rings is 2. The van der Waals surface area contributed by atoms with Crippen LogP contribution in [0.3, 0.4) is 0 Å². The molecule has 0 unspecified atom stereocenters. The first kappa shape index (κ1) is 24.9. The molecule has 0 saturated carbocycles. The Labute approximate surface area is 198 Å². The quantitative estimate of drug-likeness (QED) is 0.353. The topological polar surface area (TPSA) is 110 Å². The molecule has 0 spiro atoms. The summed E-state index contributed by atoms with van der Waals surface area (Å²) in [6.45, 7) is 11.0. The monoisotopic (exact) mass is 479 g/mol. The van der Waals surface area contributed by atoms with E-state index in [1.807, 2.05) is 6.92 Å². The number of hydrogen-bond donors (Lipinski definition) is 2. The van der Waals surface area contributed by atoms with E-state index in [4.69, 9.17) is 6.57 Å². The number of carbonyl (C=O) groups excluding carboxylic acids is 1. The number of hydrogen-bond acceptors (Lipinski definition) is 4. The van der Waals surface area contributed by atoms with Crippen molar-refractivity contribution in [3.8, 4) is 11.1 Å². The van der Waals surface area contributed by atoms with Crippen molar-refractivity contribution in [2.24, 2.45) is 7.05 Å². The first-order chi connectivity index (χ1) is 16.1. The van der Waals surface area contributed by atoms with Crippen LogP contribution >= 0.6 is 0 Å². The lowest BCUT2D eigenvalue weighted by atomic mass is 10.0. The average Bonchev–Trinajstić information content (AvgIpc) is 3.10. The molecule has 3 aromatic rings. The molecule has 0 fully saturated rings.